The number of carbonyl (C=O) groups is 1. The Hall–Kier alpha value is -0.720. The molecule has 0 spiro atoms. The largest absolute Gasteiger partial charge is 0.355 e. The van der Waals surface area contributed by atoms with Crippen LogP contribution in [0.1, 0.15) is 5.69 Å². The lowest BCUT2D eigenvalue weighted by Crippen LogP contribution is -2.48. The molecule has 0 radical (unpaired) electrons. The lowest BCUT2D eigenvalue weighted by atomic mass is 10.0. The molecule has 0 atom stereocenters. The molecule has 1 aliphatic rings. The molecule has 3 rings (SSSR count). The van der Waals surface area contributed by atoms with Gasteiger partial charge >= 0.3 is 0 Å². The minimum absolute atomic E-state index is 0. The van der Waals surface area contributed by atoms with E-state index in [-0.39, 0.29) is 37.1 Å². The zero-order chi connectivity index (χ0) is 14.1. The lowest BCUT2D eigenvalue weighted by Gasteiger charge is -2.26. The second kappa shape index (κ2) is 8.22. The molecule has 0 aromatic carbocycles. The van der Waals surface area contributed by atoms with Crippen LogP contribution in [0, 0.1) is 5.92 Å². The fourth-order valence-electron chi connectivity index (χ4n) is 2.14. The number of nitrogens with zero attached hydrogens (tertiary/aromatic N) is 2. The van der Waals surface area contributed by atoms with Gasteiger partial charge in [-0.15, -0.1) is 24.8 Å². The van der Waals surface area contributed by atoms with Crippen molar-refractivity contribution in [2.24, 2.45) is 5.92 Å². The van der Waals surface area contributed by atoms with Crippen LogP contribution in [0.25, 0.3) is 5.65 Å². The van der Waals surface area contributed by atoms with Crippen LogP contribution >= 0.6 is 48.0 Å². The van der Waals surface area contributed by atoms with Crippen molar-refractivity contribution >= 4 is 59.6 Å². The number of rotatable bonds is 4. The maximum absolute atomic E-state index is 11.8. The van der Waals surface area contributed by atoms with Crippen LogP contribution in [0.3, 0.4) is 0 Å². The topological polar surface area (TPSA) is 58.4 Å². The molecule has 5 nitrogen and oxygen atoms in total. The van der Waals surface area contributed by atoms with Crippen LogP contribution in [0.15, 0.2) is 18.5 Å². The van der Waals surface area contributed by atoms with Crippen molar-refractivity contribution in [3.63, 3.8) is 0 Å². The number of carbonyl (C=O) groups excluding carboxylic acids is 1. The summed E-state index contributed by atoms with van der Waals surface area (Å²) in [5.74, 6) is 0.524. The van der Waals surface area contributed by atoms with Crippen molar-refractivity contribution in [3.8, 4) is 0 Å². The van der Waals surface area contributed by atoms with E-state index < -0.39 is 0 Å². The molecule has 0 bridgehead atoms. The molecule has 122 valence electrons. The average Bonchev–Trinajstić information content (AvgIpc) is 2.69. The van der Waals surface area contributed by atoms with Crippen LogP contribution in [-0.4, -0.2) is 34.9 Å². The van der Waals surface area contributed by atoms with Gasteiger partial charge in [0.15, 0.2) is 5.65 Å². The molecular weight excluding hydrogens is 370 g/mol. The van der Waals surface area contributed by atoms with E-state index in [1.54, 1.807) is 22.9 Å². The van der Waals surface area contributed by atoms with E-state index in [2.05, 4.69) is 15.6 Å². The molecule has 0 unspecified atom stereocenters. The molecule has 1 fully saturated rings. The molecule has 2 aromatic rings. The number of hydrogen-bond acceptors (Lipinski definition) is 3. The predicted octanol–water partition coefficient (Wildman–Crippen LogP) is 2.36. The number of aromatic nitrogens is 2. The maximum Gasteiger partial charge on any atom is 0.226 e. The fraction of sp³-hybridized carbons (Fsp3) is 0.385. The van der Waals surface area contributed by atoms with Gasteiger partial charge in [0.25, 0.3) is 0 Å². The normalized spacial score (nSPS) is 13.9. The zero-order valence-corrected chi connectivity index (χ0v) is 14.7. The highest BCUT2D eigenvalue weighted by atomic mass is 35.5. The number of fused-ring (bicyclic) bond motifs is 1. The molecule has 22 heavy (non-hydrogen) atoms. The summed E-state index contributed by atoms with van der Waals surface area (Å²) in [6.45, 7) is 2.66. The summed E-state index contributed by atoms with van der Waals surface area (Å²) in [7, 11) is 0. The Labute approximate surface area is 150 Å². The van der Waals surface area contributed by atoms with Gasteiger partial charge in [0.05, 0.1) is 22.2 Å². The number of halogens is 4. The maximum atomic E-state index is 11.8. The molecular formula is C13H16Cl4N4O. The van der Waals surface area contributed by atoms with Crippen molar-refractivity contribution in [2.75, 3.05) is 19.6 Å². The molecule has 0 saturated carbocycles. The van der Waals surface area contributed by atoms with Gasteiger partial charge in [-0.3, -0.25) is 4.79 Å². The smallest absolute Gasteiger partial charge is 0.226 e. The van der Waals surface area contributed by atoms with Gasteiger partial charge in [0.2, 0.25) is 5.91 Å². The van der Waals surface area contributed by atoms with Crippen LogP contribution in [-0.2, 0) is 11.2 Å². The van der Waals surface area contributed by atoms with Crippen LogP contribution in [0.4, 0.5) is 0 Å². The first-order valence-corrected chi connectivity index (χ1v) is 7.17. The summed E-state index contributed by atoms with van der Waals surface area (Å²) in [4.78, 5) is 16.2. The van der Waals surface area contributed by atoms with Gasteiger partial charge in [-0.1, -0.05) is 23.2 Å². The highest BCUT2D eigenvalue weighted by Crippen LogP contribution is 2.21. The summed E-state index contributed by atoms with van der Waals surface area (Å²) in [5.41, 5.74) is 1.29. The van der Waals surface area contributed by atoms with Gasteiger partial charge in [-0.05, 0) is 6.07 Å². The van der Waals surface area contributed by atoms with Gasteiger partial charge in [-0.2, -0.15) is 0 Å². The highest BCUT2D eigenvalue weighted by molar-refractivity contribution is 6.36. The molecule has 2 N–H and O–H groups in total. The van der Waals surface area contributed by atoms with E-state index in [1.807, 2.05) is 0 Å². The summed E-state index contributed by atoms with van der Waals surface area (Å²) < 4.78 is 1.74. The first kappa shape index (κ1) is 19.3. The first-order valence-electron chi connectivity index (χ1n) is 6.42. The molecule has 0 aliphatic carbocycles. The van der Waals surface area contributed by atoms with Crippen LogP contribution < -0.4 is 10.6 Å². The number of amides is 1. The van der Waals surface area contributed by atoms with E-state index in [4.69, 9.17) is 23.2 Å². The Morgan fingerprint density at radius 2 is 2.09 bits per heavy atom. The molecule has 3 heterocycles. The van der Waals surface area contributed by atoms with Gasteiger partial charge in [-0.25, -0.2) is 4.98 Å². The van der Waals surface area contributed by atoms with Gasteiger partial charge in [0.1, 0.15) is 0 Å². The molecule has 2 aromatic heterocycles. The van der Waals surface area contributed by atoms with Crippen LogP contribution in [0.2, 0.25) is 10.0 Å². The van der Waals surface area contributed by atoms with Gasteiger partial charge in [0, 0.05) is 37.9 Å². The number of imidazole rings is 1. The zero-order valence-electron chi connectivity index (χ0n) is 11.5. The lowest BCUT2D eigenvalue weighted by molar-refractivity contribution is -0.120. The monoisotopic (exact) mass is 384 g/mol. The quantitative estimate of drug-likeness (QED) is 0.849. The first-order chi connectivity index (χ1) is 9.61. The Morgan fingerprint density at radius 1 is 1.36 bits per heavy atom. The summed E-state index contributed by atoms with van der Waals surface area (Å²) in [6.07, 6.45) is 3.74. The van der Waals surface area contributed by atoms with Crippen molar-refractivity contribution in [3.05, 3.63) is 34.2 Å². The van der Waals surface area contributed by atoms with E-state index in [9.17, 15) is 4.79 Å². The Balaban J connectivity index is 0.00000121. The van der Waals surface area contributed by atoms with Gasteiger partial charge < -0.3 is 15.0 Å². The minimum atomic E-state index is -0.0254. The average molecular weight is 386 g/mol. The van der Waals surface area contributed by atoms with E-state index in [1.165, 1.54) is 0 Å². The standard InChI is InChI=1S/C13H14Cl2N4O.2ClH/c14-9-1-11(15)13-18-10(7-19(13)6-9)2-12(20)17-5-8-3-16-4-8;;/h1,6-8,16H,2-5H2,(H,17,20);2*1H. The number of nitrogens with one attached hydrogen (secondary N) is 2. The van der Waals surface area contributed by atoms with Crippen LogP contribution in [0.5, 0.6) is 0 Å². The third-order valence-electron chi connectivity index (χ3n) is 3.32. The van der Waals surface area contributed by atoms with E-state index in [0.717, 1.165) is 13.1 Å². The van der Waals surface area contributed by atoms with Crippen molar-refractivity contribution in [1.82, 2.24) is 20.0 Å². The molecule has 1 amide bonds. The second-order valence-electron chi connectivity index (χ2n) is 4.97. The Kier molecular flexibility index (Phi) is 7.22. The Morgan fingerprint density at radius 3 is 2.73 bits per heavy atom. The van der Waals surface area contributed by atoms with E-state index >= 15 is 0 Å². The minimum Gasteiger partial charge on any atom is -0.355 e. The van der Waals surface area contributed by atoms with Crippen molar-refractivity contribution < 1.29 is 4.79 Å². The van der Waals surface area contributed by atoms with E-state index in [0.29, 0.717) is 33.8 Å². The fourth-order valence-corrected chi connectivity index (χ4v) is 2.67. The molecule has 1 saturated heterocycles. The summed E-state index contributed by atoms with van der Waals surface area (Å²) in [6, 6.07) is 1.64. The predicted molar refractivity (Wildman–Crippen MR) is 92.8 cm³/mol. The third kappa shape index (κ3) is 4.40. The van der Waals surface area contributed by atoms with Crippen molar-refractivity contribution in [1.29, 1.82) is 0 Å². The third-order valence-corrected chi connectivity index (χ3v) is 3.80. The highest BCUT2D eigenvalue weighted by Gasteiger charge is 2.17. The number of pyridine rings is 1. The summed E-state index contributed by atoms with van der Waals surface area (Å²) in [5, 5.41) is 7.10. The van der Waals surface area contributed by atoms with Crippen molar-refractivity contribution in [2.45, 2.75) is 6.42 Å². The Bertz CT molecular complexity index is 657. The summed E-state index contributed by atoms with van der Waals surface area (Å²) >= 11 is 12.0. The SMILES string of the molecule is Cl.Cl.O=C(Cc1cn2cc(Cl)cc(Cl)c2n1)NCC1CNC1. The molecule has 1 aliphatic heterocycles. The number of hydrogen-bond donors (Lipinski definition) is 2. The molecule has 9 heteroatoms. The second-order valence-corrected chi connectivity index (χ2v) is 5.82.